The summed E-state index contributed by atoms with van der Waals surface area (Å²) in [6.45, 7) is 3.77. The molecule has 1 aromatic heterocycles. The predicted molar refractivity (Wildman–Crippen MR) is 74.0 cm³/mol. The van der Waals surface area contributed by atoms with Gasteiger partial charge in [0.05, 0.1) is 18.3 Å². The number of hydrogen-bond donors (Lipinski definition) is 0. The number of ketones is 1. The topological polar surface area (TPSA) is 44.1 Å². The molecule has 106 valence electrons. The third-order valence-corrected chi connectivity index (χ3v) is 3.27. The molecule has 0 saturated carbocycles. The molecule has 0 saturated heterocycles. The third-order valence-electron chi connectivity index (χ3n) is 2.88. The highest BCUT2D eigenvalue weighted by molar-refractivity contribution is 6.35. The molecule has 1 aromatic carbocycles. The van der Waals surface area contributed by atoms with Crippen LogP contribution in [0, 0.1) is 5.82 Å². The lowest BCUT2D eigenvalue weighted by Gasteiger charge is -2.12. The fraction of sp³-hybridized carbons (Fsp3) is 0.286. The zero-order valence-electron chi connectivity index (χ0n) is 11.4. The Labute approximate surface area is 121 Å². The smallest absolute Gasteiger partial charge is 0.216 e. The predicted octanol–water partition coefficient (Wildman–Crippen LogP) is 3.50. The average molecular weight is 297 g/mol. The number of halogens is 2. The number of benzene rings is 1. The van der Waals surface area contributed by atoms with Crippen LogP contribution in [-0.2, 0) is 0 Å². The number of rotatable bonds is 4. The van der Waals surface area contributed by atoms with Gasteiger partial charge >= 0.3 is 0 Å². The highest BCUT2D eigenvalue weighted by Crippen LogP contribution is 2.28. The Kier molecular flexibility index (Phi) is 4.09. The van der Waals surface area contributed by atoms with Crippen molar-refractivity contribution in [2.24, 2.45) is 0 Å². The molecular weight excluding hydrogens is 283 g/mol. The van der Waals surface area contributed by atoms with Crippen molar-refractivity contribution < 1.29 is 13.9 Å². The molecule has 0 aliphatic heterocycles. The summed E-state index contributed by atoms with van der Waals surface area (Å²) in [5.41, 5.74) is 0.349. The number of ether oxygens (including phenoxy) is 1. The van der Waals surface area contributed by atoms with Gasteiger partial charge in [-0.15, -0.1) is 0 Å². The molecule has 4 nitrogen and oxygen atoms in total. The largest absolute Gasteiger partial charge is 0.493 e. The van der Waals surface area contributed by atoms with E-state index < -0.39 is 11.6 Å². The van der Waals surface area contributed by atoms with E-state index in [9.17, 15) is 9.18 Å². The second-order valence-electron chi connectivity index (χ2n) is 4.53. The van der Waals surface area contributed by atoms with Crippen molar-refractivity contribution in [1.82, 2.24) is 9.78 Å². The minimum Gasteiger partial charge on any atom is -0.493 e. The molecule has 2 rings (SSSR count). The van der Waals surface area contributed by atoms with Gasteiger partial charge in [0.2, 0.25) is 5.78 Å². The van der Waals surface area contributed by atoms with Crippen LogP contribution in [0.3, 0.4) is 0 Å². The summed E-state index contributed by atoms with van der Waals surface area (Å²) in [6, 6.07) is 4.09. The molecule has 0 atom stereocenters. The fourth-order valence-electron chi connectivity index (χ4n) is 1.91. The van der Waals surface area contributed by atoms with Gasteiger partial charge in [-0.2, -0.15) is 5.10 Å². The summed E-state index contributed by atoms with van der Waals surface area (Å²) >= 11 is 5.87. The van der Waals surface area contributed by atoms with Crippen LogP contribution in [0.4, 0.5) is 4.39 Å². The standard InChI is InChI=1S/C14H14ClFN2O2/c1-8(2)18-13(11(20-3)7-17-18)14(19)9-5-4-6-10(16)12(9)15/h4-8H,1-3H3. The summed E-state index contributed by atoms with van der Waals surface area (Å²) in [6.07, 6.45) is 1.46. The number of methoxy groups -OCH3 is 1. The highest BCUT2D eigenvalue weighted by Gasteiger charge is 2.24. The van der Waals surface area contributed by atoms with Gasteiger partial charge < -0.3 is 4.74 Å². The summed E-state index contributed by atoms with van der Waals surface area (Å²) in [5.74, 6) is -0.714. The van der Waals surface area contributed by atoms with Gasteiger partial charge in [0.1, 0.15) is 5.82 Å². The van der Waals surface area contributed by atoms with Crippen LogP contribution < -0.4 is 4.74 Å². The first-order valence-electron chi connectivity index (χ1n) is 6.07. The molecule has 2 aromatic rings. The van der Waals surface area contributed by atoms with Gasteiger partial charge in [0.15, 0.2) is 11.4 Å². The Balaban J connectivity index is 2.58. The van der Waals surface area contributed by atoms with E-state index >= 15 is 0 Å². The van der Waals surface area contributed by atoms with Gasteiger partial charge in [0, 0.05) is 11.6 Å². The molecule has 0 unspecified atom stereocenters. The molecule has 0 N–H and O–H groups in total. The maximum absolute atomic E-state index is 13.5. The lowest BCUT2D eigenvalue weighted by atomic mass is 10.1. The van der Waals surface area contributed by atoms with Gasteiger partial charge in [-0.25, -0.2) is 4.39 Å². The Morgan fingerprint density at radius 3 is 2.75 bits per heavy atom. The van der Waals surface area contributed by atoms with E-state index in [0.717, 1.165) is 0 Å². The van der Waals surface area contributed by atoms with Gasteiger partial charge in [-0.1, -0.05) is 17.7 Å². The van der Waals surface area contributed by atoms with Gasteiger partial charge in [-0.05, 0) is 26.0 Å². The van der Waals surface area contributed by atoms with Crippen LogP contribution in [0.5, 0.6) is 5.75 Å². The number of carbonyl (C=O) groups is 1. The lowest BCUT2D eigenvalue weighted by Crippen LogP contribution is -2.15. The van der Waals surface area contributed by atoms with Crippen molar-refractivity contribution in [2.75, 3.05) is 7.11 Å². The zero-order valence-corrected chi connectivity index (χ0v) is 12.1. The molecule has 0 radical (unpaired) electrons. The molecule has 1 heterocycles. The van der Waals surface area contributed by atoms with E-state index in [1.165, 1.54) is 36.2 Å². The maximum Gasteiger partial charge on any atom is 0.216 e. The quantitative estimate of drug-likeness (QED) is 0.811. The second kappa shape index (κ2) is 5.63. The summed E-state index contributed by atoms with van der Waals surface area (Å²) in [5, 5.41) is 3.92. The minimum atomic E-state index is -0.632. The molecule has 6 heteroatoms. The minimum absolute atomic E-state index is 0.0369. The molecule has 0 aliphatic rings. The Bertz CT molecular complexity index is 653. The molecule has 0 aliphatic carbocycles. The number of carbonyl (C=O) groups excluding carboxylic acids is 1. The van der Waals surface area contributed by atoms with Gasteiger partial charge in [-0.3, -0.25) is 9.48 Å². The third kappa shape index (κ3) is 2.41. The van der Waals surface area contributed by atoms with E-state index in [2.05, 4.69) is 5.10 Å². The summed E-state index contributed by atoms with van der Waals surface area (Å²) < 4.78 is 20.2. The Morgan fingerprint density at radius 1 is 1.45 bits per heavy atom. The number of hydrogen-bond acceptors (Lipinski definition) is 3. The van der Waals surface area contributed by atoms with Crippen LogP contribution in [0.15, 0.2) is 24.4 Å². The lowest BCUT2D eigenvalue weighted by molar-refractivity contribution is 0.102. The van der Waals surface area contributed by atoms with Crippen molar-refractivity contribution in [3.63, 3.8) is 0 Å². The van der Waals surface area contributed by atoms with E-state index in [1.807, 2.05) is 13.8 Å². The molecule has 0 bridgehead atoms. The first kappa shape index (κ1) is 14.5. The normalized spacial score (nSPS) is 10.9. The number of aromatic nitrogens is 2. The molecule has 20 heavy (non-hydrogen) atoms. The van der Waals surface area contributed by atoms with E-state index in [1.54, 1.807) is 0 Å². The van der Waals surface area contributed by atoms with Crippen LogP contribution in [0.1, 0.15) is 35.9 Å². The van der Waals surface area contributed by atoms with Gasteiger partial charge in [0.25, 0.3) is 0 Å². The Morgan fingerprint density at radius 2 is 2.15 bits per heavy atom. The molecule has 0 amide bonds. The Hall–Kier alpha value is -1.88. The first-order valence-corrected chi connectivity index (χ1v) is 6.45. The number of nitrogens with zero attached hydrogens (tertiary/aromatic N) is 2. The van der Waals surface area contributed by atoms with Crippen LogP contribution in [-0.4, -0.2) is 22.7 Å². The van der Waals surface area contributed by atoms with Crippen LogP contribution in [0.25, 0.3) is 0 Å². The van der Waals surface area contributed by atoms with Crippen LogP contribution in [0.2, 0.25) is 5.02 Å². The monoisotopic (exact) mass is 296 g/mol. The summed E-state index contributed by atoms with van der Waals surface area (Å²) in [4.78, 5) is 12.6. The SMILES string of the molecule is COc1cnn(C(C)C)c1C(=O)c1cccc(F)c1Cl. The molecule has 0 spiro atoms. The second-order valence-corrected chi connectivity index (χ2v) is 4.91. The zero-order chi connectivity index (χ0) is 14.9. The summed E-state index contributed by atoms with van der Waals surface area (Å²) in [7, 11) is 1.45. The maximum atomic E-state index is 13.5. The highest BCUT2D eigenvalue weighted by atomic mass is 35.5. The molecule has 0 fully saturated rings. The van der Waals surface area contributed by atoms with Crippen molar-refractivity contribution >= 4 is 17.4 Å². The average Bonchev–Trinajstić information content (AvgIpc) is 2.85. The van der Waals surface area contributed by atoms with E-state index in [-0.39, 0.29) is 22.3 Å². The molecular formula is C14H14ClFN2O2. The van der Waals surface area contributed by atoms with Crippen molar-refractivity contribution in [3.05, 3.63) is 46.5 Å². The van der Waals surface area contributed by atoms with Crippen LogP contribution >= 0.6 is 11.6 Å². The van der Waals surface area contributed by atoms with Crippen molar-refractivity contribution in [2.45, 2.75) is 19.9 Å². The van der Waals surface area contributed by atoms with E-state index in [4.69, 9.17) is 16.3 Å². The van der Waals surface area contributed by atoms with E-state index in [0.29, 0.717) is 5.75 Å². The van der Waals surface area contributed by atoms with Crippen molar-refractivity contribution in [1.29, 1.82) is 0 Å². The van der Waals surface area contributed by atoms with Crippen molar-refractivity contribution in [3.8, 4) is 5.75 Å². The fourth-order valence-corrected chi connectivity index (χ4v) is 2.12. The first-order chi connectivity index (χ1) is 9.47.